The fourth-order valence-electron chi connectivity index (χ4n) is 3.70. The number of hydrogen-bond acceptors (Lipinski definition) is 4. The maximum Gasteiger partial charge on any atom is 0.161 e. The van der Waals surface area contributed by atoms with E-state index in [1.807, 2.05) is 18.2 Å². The molecule has 1 fully saturated rings. The van der Waals surface area contributed by atoms with E-state index in [0.717, 1.165) is 43.2 Å². The topological polar surface area (TPSA) is 33.7 Å². The summed E-state index contributed by atoms with van der Waals surface area (Å²) in [6.45, 7) is 3.76. The fourth-order valence-corrected chi connectivity index (χ4v) is 3.70. The molecule has 0 saturated carbocycles. The first-order valence-electron chi connectivity index (χ1n) is 9.62. The molecule has 5 heteroatoms. The maximum absolute atomic E-state index is 13.1. The second-order valence-corrected chi connectivity index (χ2v) is 6.98. The molecule has 4 nitrogen and oxygen atoms in total. The van der Waals surface area contributed by atoms with Gasteiger partial charge in [0.05, 0.1) is 14.2 Å². The van der Waals surface area contributed by atoms with Crippen molar-refractivity contribution in [3.63, 3.8) is 0 Å². The molecule has 1 unspecified atom stereocenters. The van der Waals surface area contributed by atoms with E-state index in [9.17, 15) is 4.39 Å². The van der Waals surface area contributed by atoms with Crippen LogP contribution in [0.3, 0.4) is 0 Å². The van der Waals surface area contributed by atoms with Crippen LogP contribution in [0.15, 0.2) is 42.5 Å². The summed E-state index contributed by atoms with van der Waals surface area (Å²) < 4.78 is 24.0. The molecule has 0 radical (unpaired) electrons. The summed E-state index contributed by atoms with van der Waals surface area (Å²) in [5, 5.41) is 3.55. The second-order valence-electron chi connectivity index (χ2n) is 6.98. The lowest BCUT2D eigenvalue weighted by molar-refractivity contribution is 0.160. The minimum Gasteiger partial charge on any atom is -0.493 e. The van der Waals surface area contributed by atoms with Gasteiger partial charge in [-0.25, -0.2) is 4.39 Å². The summed E-state index contributed by atoms with van der Waals surface area (Å²) in [5.41, 5.74) is 2.31. The van der Waals surface area contributed by atoms with E-state index in [2.05, 4.69) is 22.3 Å². The molecular weight excluding hydrogens is 343 g/mol. The molecule has 2 aromatic carbocycles. The quantitative estimate of drug-likeness (QED) is 0.754. The lowest BCUT2D eigenvalue weighted by atomic mass is 10.0. The maximum atomic E-state index is 13.1. The molecule has 1 aliphatic rings. The van der Waals surface area contributed by atoms with Crippen LogP contribution in [-0.2, 0) is 6.54 Å². The van der Waals surface area contributed by atoms with Crippen LogP contribution in [0.2, 0.25) is 0 Å². The van der Waals surface area contributed by atoms with E-state index in [1.54, 1.807) is 14.2 Å². The van der Waals surface area contributed by atoms with E-state index in [4.69, 9.17) is 9.47 Å². The van der Waals surface area contributed by atoms with E-state index in [0.29, 0.717) is 0 Å². The van der Waals surface area contributed by atoms with Gasteiger partial charge in [0.2, 0.25) is 0 Å². The molecular formula is C22H29FN2O2. The van der Waals surface area contributed by atoms with Gasteiger partial charge >= 0.3 is 0 Å². The molecule has 1 N–H and O–H groups in total. The van der Waals surface area contributed by atoms with Crippen LogP contribution in [0.5, 0.6) is 11.5 Å². The average molecular weight is 372 g/mol. The number of nitrogens with zero attached hydrogens (tertiary/aromatic N) is 1. The van der Waals surface area contributed by atoms with Crippen LogP contribution in [0.25, 0.3) is 0 Å². The summed E-state index contributed by atoms with van der Waals surface area (Å²) in [6.07, 6.45) is 3.78. The molecule has 0 aromatic heterocycles. The molecule has 27 heavy (non-hydrogen) atoms. The smallest absolute Gasteiger partial charge is 0.161 e. The Morgan fingerprint density at radius 1 is 0.963 bits per heavy atom. The molecule has 0 bridgehead atoms. The second kappa shape index (κ2) is 9.72. The molecule has 1 heterocycles. The Hall–Kier alpha value is -2.11. The van der Waals surface area contributed by atoms with Crippen LogP contribution in [0.1, 0.15) is 36.4 Å². The molecule has 1 saturated heterocycles. The monoisotopic (exact) mass is 372 g/mol. The van der Waals surface area contributed by atoms with Crippen molar-refractivity contribution in [1.29, 1.82) is 0 Å². The molecule has 1 aliphatic heterocycles. The number of halogens is 1. The highest BCUT2D eigenvalue weighted by molar-refractivity contribution is 5.44. The number of piperidine rings is 1. The molecule has 1 atom stereocenters. The lowest BCUT2D eigenvalue weighted by Crippen LogP contribution is -2.39. The van der Waals surface area contributed by atoms with Gasteiger partial charge in [0, 0.05) is 19.1 Å². The lowest BCUT2D eigenvalue weighted by Gasteiger charge is -2.35. The Labute approximate surface area is 161 Å². The first kappa shape index (κ1) is 19.6. The number of nitrogens with one attached hydrogen (secondary N) is 1. The minimum absolute atomic E-state index is 0.199. The molecule has 3 rings (SSSR count). The van der Waals surface area contributed by atoms with E-state index in [-0.39, 0.29) is 11.9 Å². The van der Waals surface area contributed by atoms with Crippen molar-refractivity contribution in [2.75, 3.05) is 33.9 Å². The van der Waals surface area contributed by atoms with Crippen molar-refractivity contribution in [1.82, 2.24) is 10.2 Å². The van der Waals surface area contributed by atoms with Crippen LogP contribution in [0.4, 0.5) is 4.39 Å². The largest absolute Gasteiger partial charge is 0.493 e. The van der Waals surface area contributed by atoms with Gasteiger partial charge in [-0.15, -0.1) is 0 Å². The predicted octanol–water partition coefficient (Wildman–Crippen LogP) is 4.16. The third-order valence-corrected chi connectivity index (χ3v) is 5.20. The molecule has 0 spiro atoms. The number of methoxy groups -OCH3 is 2. The highest BCUT2D eigenvalue weighted by Crippen LogP contribution is 2.32. The molecule has 146 valence electrons. The van der Waals surface area contributed by atoms with Gasteiger partial charge < -0.3 is 14.8 Å². The predicted molar refractivity (Wildman–Crippen MR) is 106 cm³/mol. The third kappa shape index (κ3) is 5.21. The van der Waals surface area contributed by atoms with E-state index < -0.39 is 0 Å². The molecule has 0 amide bonds. The zero-order valence-electron chi connectivity index (χ0n) is 16.2. The number of hydrogen-bond donors (Lipinski definition) is 1. The Kier molecular flexibility index (Phi) is 7.07. The Balaban J connectivity index is 1.73. The van der Waals surface area contributed by atoms with Crippen LogP contribution >= 0.6 is 0 Å². The third-order valence-electron chi connectivity index (χ3n) is 5.20. The number of rotatable bonds is 8. The van der Waals surface area contributed by atoms with Crippen molar-refractivity contribution in [3.05, 3.63) is 59.4 Å². The Bertz CT molecular complexity index is 715. The summed E-state index contributed by atoms with van der Waals surface area (Å²) in [5.74, 6) is 1.31. The van der Waals surface area contributed by atoms with Gasteiger partial charge in [0.1, 0.15) is 5.82 Å². The Morgan fingerprint density at radius 3 is 2.33 bits per heavy atom. The van der Waals surface area contributed by atoms with Crippen molar-refractivity contribution >= 4 is 0 Å². The zero-order chi connectivity index (χ0) is 19.1. The van der Waals surface area contributed by atoms with Crippen molar-refractivity contribution in [2.45, 2.75) is 31.8 Å². The SMILES string of the molecule is COc1ccc(C(CNCc2ccc(F)cc2)N2CCCCC2)cc1OC. The average Bonchev–Trinajstić information content (AvgIpc) is 2.72. The fraction of sp³-hybridized carbons (Fsp3) is 0.455. The highest BCUT2D eigenvalue weighted by atomic mass is 19.1. The Morgan fingerprint density at radius 2 is 1.67 bits per heavy atom. The molecule has 0 aliphatic carbocycles. The van der Waals surface area contributed by atoms with E-state index >= 15 is 0 Å². The minimum atomic E-state index is -0.199. The first-order valence-corrected chi connectivity index (χ1v) is 9.62. The summed E-state index contributed by atoms with van der Waals surface area (Å²) >= 11 is 0. The normalized spacial score (nSPS) is 16.1. The standard InChI is InChI=1S/C22H29FN2O2/c1-26-21-11-8-18(14-22(21)27-2)20(25-12-4-3-5-13-25)16-24-15-17-6-9-19(23)10-7-17/h6-11,14,20,24H,3-5,12-13,15-16H2,1-2H3. The van der Waals surface area contributed by atoms with Gasteiger partial charge in [0.25, 0.3) is 0 Å². The van der Waals surface area contributed by atoms with E-state index in [1.165, 1.54) is 37.0 Å². The van der Waals surface area contributed by atoms with Crippen LogP contribution in [-0.4, -0.2) is 38.8 Å². The number of benzene rings is 2. The van der Waals surface area contributed by atoms with Crippen molar-refractivity contribution in [2.24, 2.45) is 0 Å². The van der Waals surface area contributed by atoms with Gasteiger partial charge in [-0.1, -0.05) is 24.6 Å². The van der Waals surface area contributed by atoms with Crippen LogP contribution < -0.4 is 14.8 Å². The van der Waals surface area contributed by atoms with Gasteiger partial charge in [-0.2, -0.15) is 0 Å². The number of ether oxygens (including phenoxy) is 2. The summed E-state index contributed by atoms with van der Waals surface area (Å²) in [6, 6.07) is 13.1. The number of likely N-dealkylation sites (tertiary alicyclic amines) is 1. The van der Waals surface area contributed by atoms with Crippen molar-refractivity contribution < 1.29 is 13.9 Å². The van der Waals surface area contributed by atoms with Gasteiger partial charge in [-0.3, -0.25) is 4.90 Å². The molecule has 2 aromatic rings. The highest BCUT2D eigenvalue weighted by Gasteiger charge is 2.23. The van der Waals surface area contributed by atoms with Crippen molar-refractivity contribution in [3.8, 4) is 11.5 Å². The zero-order valence-corrected chi connectivity index (χ0v) is 16.2. The summed E-state index contributed by atoms with van der Waals surface area (Å²) in [7, 11) is 3.33. The first-order chi connectivity index (χ1) is 13.2. The van der Waals surface area contributed by atoms with Crippen LogP contribution in [0, 0.1) is 5.82 Å². The summed E-state index contributed by atoms with van der Waals surface area (Å²) in [4.78, 5) is 2.54. The van der Waals surface area contributed by atoms with Gasteiger partial charge in [-0.05, 0) is 61.3 Å². The van der Waals surface area contributed by atoms with Gasteiger partial charge in [0.15, 0.2) is 11.5 Å².